The van der Waals surface area contributed by atoms with E-state index < -0.39 is 0 Å². The van der Waals surface area contributed by atoms with Gasteiger partial charge in [0.05, 0.1) is 19.8 Å². The molecule has 0 aliphatic heterocycles. The zero-order chi connectivity index (χ0) is 11.2. The van der Waals surface area contributed by atoms with Crippen molar-refractivity contribution in [1.82, 2.24) is 0 Å². The summed E-state index contributed by atoms with van der Waals surface area (Å²) in [5, 5.41) is 0. The van der Waals surface area contributed by atoms with E-state index in [1.165, 1.54) is 6.92 Å². The van der Waals surface area contributed by atoms with Gasteiger partial charge < -0.3 is 14.2 Å². The average Bonchev–Trinajstić information content (AvgIpc) is 2.13. The highest BCUT2D eigenvalue weighted by Gasteiger charge is 1.82. The van der Waals surface area contributed by atoms with Crippen LogP contribution < -0.4 is 0 Å². The van der Waals surface area contributed by atoms with Crippen LogP contribution in [0.1, 0.15) is 27.7 Å². The molecular formula is C10H22O4. The van der Waals surface area contributed by atoms with E-state index in [0.29, 0.717) is 6.61 Å². The third kappa shape index (κ3) is 22.5. The zero-order valence-corrected chi connectivity index (χ0v) is 9.67. The summed E-state index contributed by atoms with van der Waals surface area (Å²) in [4.78, 5) is 9.82. The fraction of sp³-hybridized carbons (Fsp3) is 0.900. The average molecular weight is 206 g/mol. The predicted octanol–water partition coefficient (Wildman–Crippen LogP) is 1.63. The molecule has 0 rings (SSSR count). The Morgan fingerprint density at radius 2 is 1.36 bits per heavy atom. The van der Waals surface area contributed by atoms with Gasteiger partial charge in [0.15, 0.2) is 0 Å². The van der Waals surface area contributed by atoms with E-state index in [4.69, 9.17) is 9.47 Å². The maximum atomic E-state index is 9.82. The van der Waals surface area contributed by atoms with Crippen LogP contribution in [0.15, 0.2) is 0 Å². The van der Waals surface area contributed by atoms with Gasteiger partial charge in [-0.05, 0) is 20.8 Å². The van der Waals surface area contributed by atoms with E-state index in [1.54, 1.807) is 6.92 Å². The van der Waals surface area contributed by atoms with Crippen LogP contribution in [0.5, 0.6) is 0 Å². The van der Waals surface area contributed by atoms with Crippen molar-refractivity contribution in [3.63, 3.8) is 0 Å². The number of esters is 1. The van der Waals surface area contributed by atoms with Gasteiger partial charge in [-0.2, -0.15) is 0 Å². The van der Waals surface area contributed by atoms with Crippen LogP contribution in [-0.4, -0.2) is 39.0 Å². The molecule has 0 aliphatic rings. The number of carbonyl (C=O) groups excluding carboxylic acids is 1. The second-order valence-corrected chi connectivity index (χ2v) is 2.32. The zero-order valence-electron chi connectivity index (χ0n) is 9.67. The summed E-state index contributed by atoms with van der Waals surface area (Å²) < 4.78 is 14.4. The van der Waals surface area contributed by atoms with E-state index in [0.717, 1.165) is 26.4 Å². The number of ether oxygens (including phenoxy) is 3. The molecule has 14 heavy (non-hydrogen) atoms. The number of carbonyl (C=O) groups is 1. The van der Waals surface area contributed by atoms with Crippen molar-refractivity contribution < 1.29 is 19.0 Å². The molecule has 0 bridgehead atoms. The van der Waals surface area contributed by atoms with Crippen molar-refractivity contribution >= 4 is 5.97 Å². The van der Waals surface area contributed by atoms with Gasteiger partial charge in [-0.3, -0.25) is 4.79 Å². The third-order valence-corrected chi connectivity index (χ3v) is 1.13. The molecule has 0 fully saturated rings. The summed E-state index contributed by atoms with van der Waals surface area (Å²) in [5.74, 6) is -0.211. The molecule has 0 unspecified atom stereocenters. The topological polar surface area (TPSA) is 44.8 Å². The van der Waals surface area contributed by atoms with Crippen LogP contribution in [0.25, 0.3) is 0 Å². The Morgan fingerprint density at radius 3 is 1.50 bits per heavy atom. The highest BCUT2D eigenvalue weighted by atomic mass is 16.5. The van der Waals surface area contributed by atoms with Crippen molar-refractivity contribution in [2.75, 3.05) is 33.0 Å². The fourth-order valence-corrected chi connectivity index (χ4v) is 0.610. The lowest BCUT2D eigenvalue weighted by Crippen LogP contribution is -2.02. The van der Waals surface area contributed by atoms with E-state index in [-0.39, 0.29) is 5.97 Å². The van der Waals surface area contributed by atoms with Gasteiger partial charge >= 0.3 is 5.97 Å². The smallest absolute Gasteiger partial charge is 0.302 e. The first-order valence-electron chi connectivity index (χ1n) is 4.97. The first-order chi connectivity index (χ1) is 6.68. The standard InChI is InChI=1S/C6H14O2.C4H8O2/c1-3-7-5-6-8-4-2;1-3-6-4(2)5/h3-6H2,1-2H3;3H2,1-2H3. The summed E-state index contributed by atoms with van der Waals surface area (Å²) in [6.07, 6.45) is 0. The second-order valence-electron chi connectivity index (χ2n) is 2.32. The molecule has 0 saturated carbocycles. The monoisotopic (exact) mass is 206 g/mol. The SMILES string of the molecule is CCOC(C)=O.CCOCCOCC. The second kappa shape index (κ2) is 14.9. The van der Waals surface area contributed by atoms with Gasteiger partial charge in [-0.1, -0.05) is 0 Å². The highest BCUT2D eigenvalue weighted by Crippen LogP contribution is 1.75. The Kier molecular flexibility index (Phi) is 16.9. The molecule has 0 aromatic heterocycles. The van der Waals surface area contributed by atoms with Crippen molar-refractivity contribution in [3.8, 4) is 0 Å². The molecule has 0 amide bonds. The van der Waals surface area contributed by atoms with Crippen molar-refractivity contribution in [1.29, 1.82) is 0 Å². The first kappa shape index (κ1) is 15.8. The number of hydrogen-bond donors (Lipinski definition) is 0. The van der Waals surface area contributed by atoms with E-state index in [2.05, 4.69) is 4.74 Å². The summed E-state index contributed by atoms with van der Waals surface area (Å²) in [6.45, 7) is 10.6. The van der Waals surface area contributed by atoms with Crippen LogP contribution in [0.3, 0.4) is 0 Å². The summed E-state index contributed by atoms with van der Waals surface area (Å²) in [6, 6.07) is 0. The van der Waals surface area contributed by atoms with Crippen LogP contribution in [0.2, 0.25) is 0 Å². The van der Waals surface area contributed by atoms with Crippen LogP contribution in [0, 0.1) is 0 Å². The molecule has 0 heterocycles. The fourth-order valence-electron chi connectivity index (χ4n) is 0.610. The molecule has 0 aliphatic carbocycles. The molecule has 0 N–H and O–H groups in total. The minimum absolute atomic E-state index is 0.211. The van der Waals surface area contributed by atoms with Crippen molar-refractivity contribution in [2.45, 2.75) is 27.7 Å². The molecule has 0 radical (unpaired) electrons. The molecule has 4 heteroatoms. The van der Waals surface area contributed by atoms with Gasteiger partial charge in [0, 0.05) is 20.1 Å². The minimum atomic E-state index is -0.211. The van der Waals surface area contributed by atoms with Gasteiger partial charge in [0.2, 0.25) is 0 Å². The molecule has 4 nitrogen and oxygen atoms in total. The molecule has 0 spiro atoms. The quantitative estimate of drug-likeness (QED) is 0.489. The maximum absolute atomic E-state index is 9.82. The van der Waals surface area contributed by atoms with E-state index >= 15 is 0 Å². The van der Waals surface area contributed by atoms with Gasteiger partial charge in [0.1, 0.15) is 0 Å². The summed E-state index contributed by atoms with van der Waals surface area (Å²) >= 11 is 0. The Balaban J connectivity index is 0. The normalized spacial score (nSPS) is 8.86. The van der Waals surface area contributed by atoms with Gasteiger partial charge in [0.25, 0.3) is 0 Å². The van der Waals surface area contributed by atoms with Gasteiger partial charge in [-0.25, -0.2) is 0 Å². The summed E-state index contributed by atoms with van der Waals surface area (Å²) in [7, 11) is 0. The Morgan fingerprint density at radius 1 is 0.929 bits per heavy atom. The van der Waals surface area contributed by atoms with E-state index in [9.17, 15) is 4.79 Å². The minimum Gasteiger partial charge on any atom is -0.466 e. The van der Waals surface area contributed by atoms with Crippen molar-refractivity contribution in [2.24, 2.45) is 0 Å². The maximum Gasteiger partial charge on any atom is 0.302 e. The van der Waals surface area contributed by atoms with Crippen molar-refractivity contribution in [3.05, 3.63) is 0 Å². The Hall–Kier alpha value is -0.610. The highest BCUT2D eigenvalue weighted by molar-refractivity contribution is 5.65. The molecular weight excluding hydrogens is 184 g/mol. The number of hydrogen-bond acceptors (Lipinski definition) is 4. The Labute approximate surface area is 86.5 Å². The predicted molar refractivity (Wildman–Crippen MR) is 55.3 cm³/mol. The van der Waals surface area contributed by atoms with Crippen LogP contribution in [-0.2, 0) is 19.0 Å². The first-order valence-corrected chi connectivity index (χ1v) is 4.97. The number of rotatable bonds is 6. The Bertz CT molecular complexity index is 109. The third-order valence-electron chi connectivity index (χ3n) is 1.13. The van der Waals surface area contributed by atoms with Gasteiger partial charge in [-0.15, -0.1) is 0 Å². The van der Waals surface area contributed by atoms with Crippen LogP contribution in [0.4, 0.5) is 0 Å². The lowest BCUT2D eigenvalue weighted by molar-refractivity contribution is -0.140. The molecule has 0 atom stereocenters. The summed E-state index contributed by atoms with van der Waals surface area (Å²) in [5.41, 5.74) is 0. The lowest BCUT2D eigenvalue weighted by atomic mass is 10.7. The van der Waals surface area contributed by atoms with Crippen LogP contribution >= 0.6 is 0 Å². The molecule has 0 aromatic carbocycles. The molecule has 0 aromatic rings. The molecule has 86 valence electrons. The van der Waals surface area contributed by atoms with E-state index in [1.807, 2.05) is 13.8 Å². The largest absolute Gasteiger partial charge is 0.466 e. The lowest BCUT2D eigenvalue weighted by Gasteiger charge is -1.99. The molecule has 0 saturated heterocycles.